The van der Waals surface area contributed by atoms with Gasteiger partial charge in [0.05, 0.1) is 6.61 Å². The Labute approximate surface area is 144 Å². The summed E-state index contributed by atoms with van der Waals surface area (Å²) < 4.78 is 5.82. The number of amides is 1. The Bertz CT molecular complexity index is 572. The van der Waals surface area contributed by atoms with E-state index in [-0.39, 0.29) is 5.54 Å². The molecule has 1 saturated carbocycles. The van der Waals surface area contributed by atoms with Crippen LogP contribution in [0.15, 0.2) is 30.3 Å². The van der Waals surface area contributed by atoms with E-state index in [4.69, 9.17) is 4.74 Å². The van der Waals surface area contributed by atoms with Gasteiger partial charge in [0.1, 0.15) is 11.3 Å². The Balaban J connectivity index is 1.33. The average Bonchev–Trinajstić information content (AvgIpc) is 3.38. The maximum absolute atomic E-state index is 13.1. The predicted molar refractivity (Wildman–Crippen MR) is 94.1 cm³/mol. The Hall–Kier alpha value is -1.55. The van der Waals surface area contributed by atoms with E-state index in [1.165, 1.54) is 19.3 Å². The SMILES string of the molecule is O=C1N(C2CC2)CCCC12CCCN2CCCOc1ccccc1. The lowest BCUT2D eigenvalue weighted by Gasteiger charge is -2.45. The summed E-state index contributed by atoms with van der Waals surface area (Å²) in [6.07, 6.45) is 7.83. The summed E-state index contributed by atoms with van der Waals surface area (Å²) in [7, 11) is 0. The van der Waals surface area contributed by atoms with E-state index in [1.807, 2.05) is 30.3 Å². The van der Waals surface area contributed by atoms with Crippen LogP contribution in [0, 0.1) is 0 Å². The quantitative estimate of drug-likeness (QED) is 0.752. The van der Waals surface area contributed by atoms with Gasteiger partial charge in [0.25, 0.3) is 0 Å². The highest BCUT2D eigenvalue weighted by atomic mass is 16.5. The molecule has 1 unspecified atom stereocenters. The Morgan fingerprint density at radius 1 is 1.08 bits per heavy atom. The van der Waals surface area contributed by atoms with Crippen LogP contribution < -0.4 is 4.74 Å². The van der Waals surface area contributed by atoms with Crippen LogP contribution in [0.3, 0.4) is 0 Å². The molecule has 3 fully saturated rings. The minimum Gasteiger partial charge on any atom is -0.494 e. The van der Waals surface area contributed by atoms with E-state index in [9.17, 15) is 4.79 Å². The van der Waals surface area contributed by atoms with Crippen LogP contribution in [0.5, 0.6) is 5.75 Å². The Kier molecular flexibility index (Phi) is 4.49. The Morgan fingerprint density at radius 2 is 1.83 bits per heavy atom. The van der Waals surface area contributed by atoms with Crippen molar-refractivity contribution in [3.63, 3.8) is 0 Å². The molecule has 2 heterocycles. The van der Waals surface area contributed by atoms with Crippen LogP contribution in [0.4, 0.5) is 0 Å². The van der Waals surface area contributed by atoms with E-state index in [1.54, 1.807) is 0 Å². The molecule has 130 valence electrons. The van der Waals surface area contributed by atoms with Gasteiger partial charge in [0, 0.05) is 19.1 Å². The highest BCUT2D eigenvalue weighted by Gasteiger charge is 2.52. The van der Waals surface area contributed by atoms with Gasteiger partial charge in [0.2, 0.25) is 5.91 Å². The van der Waals surface area contributed by atoms with Crippen LogP contribution in [0.2, 0.25) is 0 Å². The molecule has 1 atom stereocenters. The smallest absolute Gasteiger partial charge is 0.243 e. The fraction of sp³-hybridized carbons (Fsp3) is 0.650. The van der Waals surface area contributed by atoms with E-state index >= 15 is 0 Å². The van der Waals surface area contributed by atoms with Crippen molar-refractivity contribution < 1.29 is 9.53 Å². The monoisotopic (exact) mass is 328 g/mol. The topological polar surface area (TPSA) is 32.8 Å². The fourth-order valence-electron chi connectivity index (χ4n) is 4.50. The highest BCUT2D eigenvalue weighted by Crippen LogP contribution is 2.41. The molecule has 0 aromatic heterocycles. The van der Waals surface area contributed by atoms with Gasteiger partial charge in [-0.2, -0.15) is 0 Å². The summed E-state index contributed by atoms with van der Waals surface area (Å²) in [6.45, 7) is 3.74. The van der Waals surface area contributed by atoms with Crippen molar-refractivity contribution in [1.82, 2.24) is 9.80 Å². The minimum atomic E-state index is -0.187. The van der Waals surface area contributed by atoms with Crippen molar-refractivity contribution in [2.45, 2.75) is 56.5 Å². The first-order valence-electron chi connectivity index (χ1n) is 9.54. The third-order valence-electron chi connectivity index (χ3n) is 5.84. The van der Waals surface area contributed by atoms with Crippen LogP contribution in [0.1, 0.15) is 44.9 Å². The molecule has 24 heavy (non-hydrogen) atoms. The molecule has 1 amide bonds. The highest BCUT2D eigenvalue weighted by molar-refractivity contribution is 5.88. The lowest BCUT2D eigenvalue weighted by Crippen LogP contribution is -2.60. The number of carbonyl (C=O) groups is 1. The second kappa shape index (κ2) is 6.75. The van der Waals surface area contributed by atoms with Gasteiger partial charge in [-0.3, -0.25) is 9.69 Å². The summed E-state index contributed by atoms with van der Waals surface area (Å²) in [5.41, 5.74) is -0.187. The van der Waals surface area contributed by atoms with Crippen molar-refractivity contribution in [2.75, 3.05) is 26.2 Å². The van der Waals surface area contributed by atoms with Crippen molar-refractivity contribution >= 4 is 5.91 Å². The van der Waals surface area contributed by atoms with Gasteiger partial charge in [-0.15, -0.1) is 0 Å². The zero-order chi connectivity index (χ0) is 16.4. The molecule has 0 radical (unpaired) electrons. The van der Waals surface area contributed by atoms with Gasteiger partial charge < -0.3 is 9.64 Å². The third kappa shape index (κ3) is 3.04. The number of para-hydroxylation sites is 1. The predicted octanol–water partition coefficient (Wildman–Crippen LogP) is 3.07. The molecule has 2 saturated heterocycles. The van der Waals surface area contributed by atoms with Crippen molar-refractivity contribution in [1.29, 1.82) is 0 Å². The number of ether oxygens (including phenoxy) is 1. The number of hydrogen-bond acceptors (Lipinski definition) is 3. The number of rotatable bonds is 6. The Morgan fingerprint density at radius 3 is 2.58 bits per heavy atom. The second-order valence-electron chi connectivity index (χ2n) is 7.47. The number of hydrogen-bond donors (Lipinski definition) is 0. The number of benzene rings is 1. The fourth-order valence-corrected chi connectivity index (χ4v) is 4.50. The summed E-state index contributed by atoms with van der Waals surface area (Å²) in [5, 5.41) is 0. The van der Waals surface area contributed by atoms with Crippen molar-refractivity contribution in [3.05, 3.63) is 30.3 Å². The number of carbonyl (C=O) groups excluding carboxylic acids is 1. The number of likely N-dealkylation sites (tertiary alicyclic amines) is 2. The first kappa shape index (κ1) is 15.9. The zero-order valence-corrected chi connectivity index (χ0v) is 14.5. The van der Waals surface area contributed by atoms with Crippen molar-refractivity contribution in [2.24, 2.45) is 0 Å². The molecule has 3 aliphatic rings. The summed E-state index contributed by atoms with van der Waals surface area (Å²) in [4.78, 5) is 17.8. The van der Waals surface area contributed by atoms with Gasteiger partial charge in [-0.05, 0) is 63.6 Å². The molecule has 4 heteroatoms. The van der Waals surface area contributed by atoms with Crippen LogP contribution in [-0.4, -0.2) is 53.5 Å². The van der Waals surface area contributed by atoms with Crippen molar-refractivity contribution in [3.8, 4) is 5.75 Å². The third-order valence-corrected chi connectivity index (χ3v) is 5.84. The summed E-state index contributed by atoms with van der Waals surface area (Å²) in [5.74, 6) is 1.36. The molecule has 4 nitrogen and oxygen atoms in total. The standard InChI is InChI=1S/C20H28N2O2/c23-19-20(12-5-15-22(19)17-9-10-17)11-4-13-21(20)14-6-16-24-18-7-2-1-3-8-18/h1-3,7-8,17H,4-6,9-16H2. The van der Waals surface area contributed by atoms with Gasteiger partial charge in [-0.25, -0.2) is 0 Å². The molecule has 1 aromatic rings. The van der Waals surface area contributed by atoms with Crippen LogP contribution >= 0.6 is 0 Å². The molecule has 1 spiro atoms. The second-order valence-corrected chi connectivity index (χ2v) is 7.47. The largest absolute Gasteiger partial charge is 0.494 e. The lowest BCUT2D eigenvalue weighted by atomic mass is 9.85. The van der Waals surface area contributed by atoms with Crippen LogP contribution in [-0.2, 0) is 4.79 Å². The molecule has 0 N–H and O–H groups in total. The molecule has 2 aliphatic heterocycles. The molecular weight excluding hydrogens is 300 g/mol. The average molecular weight is 328 g/mol. The normalized spacial score (nSPS) is 27.8. The molecule has 0 bridgehead atoms. The summed E-state index contributed by atoms with van der Waals surface area (Å²) in [6, 6.07) is 10.5. The van der Waals surface area contributed by atoms with E-state index in [0.29, 0.717) is 11.9 Å². The number of nitrogens with zero attached hydrogens (tertiary/aromatic N) is 2. The molecule has 1 aromatic carbocycles. The van der Waals surface area contributed by atoms with Gasteiger partial charge in [0.15, 0.2) is 0 Å². The number of piperidine rings is 1. The first-order chi connectivity index (χ1) is 11.8. The maximum Gasteiger partial charge on any atom is 0.243 e. The van der Waals surface area contributed by atoms with Crippen LogP contribution in [0.25, 0.3) is 0 Å². The van der Waals surface area contributed by atoms with Gasteiger partial charge >= 0.3 is 0 Å². The minimum absolute atomic E-state index is 0.187. The maximum atomic E-state index is 13.1. The molecule has 1 aliphatic carbocycles. The summed E-state index contributed by atoms with van der Waals surface area (Å²) >= 11 is 0. The zero-order valence-electron chi connectivity index (χ0n) is 14.5. The molecular formula is C20H28N2O2. The van der Waals surface area contributed by atoms with Gasteiger partial charge in [-0.1, -0.05) is 18.2 Å². The van der Waals surface area contributed by atoms with E-state index < -0.39 is 0 Å². The first-order valence-corrected chi connectivity index (χ1v) is 9.54. The van der Waals surface area contributed by atoms with E-state index in [2.05, 4.69) is 9.80 Å². The lowest BCUT2D eigenvalue weighted by molar-refractivity contribution is -0.148. The van der Waals surface area contributed by atoms with E-state index in [0.717, 1.165) is 57.7 Å². The molecule has 4 rings (SSSR count).